The van der Waals surface area contributed by atoms with Crippen LogP contribution in [0, 0.1) is 12.7 Å². The zero-order valence-corrected chi connectivity index (χ0v) is 20.1. The molecule has 0 amide bonds. The van der Waals surface area contributed by atoms with Gasteiger partial charge in [0.2, 0.25) is 0 Å². The van der Waals surface area contributed by atoms with Crippen molar-refractivity contribution >= 4 is 17.7 Å². The zero-order chi connectivity index (χ0) is 24.8. The summed E-state index contributed by atoms with van der Waals surface area (Å²) in [5, 5.41) is 0.521. The maximum atomic E-state index is 13.3. The standard InChI is InChI=1S/C26H23FN4O3S/c1-17-3-4-19(10-23(17)25(33)34-2)13-31-14-21(9-20-11-28-16-29-12-20)24(32)30-26(31)35-15-18-5-7-22(27)8-6-18/h3-8,10-12,14,16H,9,13,15H2,1-2H3. The first-order valence-electron chi connectivity index (χ1n) is 10.8. The molecule has 7 nitrogen and oxygen atoms in total. The summed E-state index contributed by atoms with van der Waals surface area (Å²) in [6.45, 7) is 2.24. The molecule has 2 heterocycles. The van der Waals surface area contributed by atoms with E-state index >= 15 is 0 Å². The quantitative estimate of drug-likeness (QED) is 0.208. The number of nitrogens with zero attached hydrogens (tertiary/aromatic N) is 4. The highest BCUT2D eigenvalue weighted by atomic mass is 32.2. The molecule has 0 spiro atoms. The van der Waals surface area contributed by atoms with E-state index in [-0.39, 0.29) is 11.4 Å². The molecular formula is C26H23FN4O3S. The minimum Gasteiger partial charge on any atom is -0.465 e. The maximum Gasteiger partial charge on any atom is 0.338 e. The lowest BCUT2D eigenvalue weighted by Gasteiger charge is -2.15. The number of aryl methyl sites for hydroxylation is 1. The third-order valence-electron chi connectivity index (χ3n) is 5.38. The molecule has 0 saturated carbocycles. The number of carbonyl (C=O) groups excluding carboxylic acids is 1. The predicted molar refractivity (Wildman–Crippen MR) is 131 cm³/mol. The van der Waals surface area contributed by atoms with E-state index in [9.17, 15) is 14.0 Å². The number of ether oxygens (including phenoxy) is 1. The predicted octanol–water partition coefficient (Wildman–Crippen LogP) is 4.20. The lowest BCUT2D eigenvalue weighted by molar-refractivity contribution is 0.0599. The molecule has 0 unspecified atom stereocenters. The molecule has 0 atom stereocenters. The van der Waals surface area contributed by atoms with E-state index in [0.717, 1.165) is 22.3 Å². The molecule has 0 saturated heterocycles. The molecule has 0 N–H and O–H groups in total. The Morgan fingerprint density at radius 2 is 1.77 bits per heavy atom. The molecule has 0 aliphatic heterocycles. The molecule has 9 heteroatoms. The molecule has 0 fully saturated rings. The molecule has 0 aliphatic rings. The van der Waals surface area contributed by atoms with Crippen molar-refractivity contribution < 1.29 is 13.9 Å². The van der Waals surface area contributed by atoms with Gasteiger partial charge in [-0.1, -0.05) is 36.0 Å². The third-order valence-corrected chi connectivity index (χ3v) is 6.44. The SMILES string of the molecule is COC(=O)c1cc(Cn2cc(Cc3cncnc3)c(=O)nc2SCc2ccc(F)cc2)ccc1C. The number of hydrogen-bond acceptors (Lipinski definition) is 7. The number of hydrogen-bond donors (Lipinski definition) is 0. The van der Waals surface area contributed by atoms with E-state index in [0.29, 0.717) is 35.0 Å². The molecule has 0 aliphatic carbocycles. The van der Waals surface area contributed by atoms with Crippen molar-refractivity contribution in [2.24, 2.45) is 0 Å². The van der Waals surface area contributed by atoms with Gasteiger partial charge in [-0.05, 0) is 47.4 Å². The molecule has 0 radical (unpaired) electrons. The number of rotatable bonds is 8. The molecule has 35 heavy (non-hydrogen) atoms. The van der Waals surface area contributed by atoms with E-state index in [1.165, 1.54) is 37.3 Å². The fraction of sp³-hybridized carbons (Fsp3) is 0.192. The molecule has 2 aromatic heterocycles. The molecule has 2 aromatic carbocycles. The molecule has 4 rings (SSSR count). The van der Waals surface area contributed by atoms with Crippen molar-refractivity contribution in [3.8, 4) is 0 Å². The molecule has 0 bridgehead atoms. The topological polar surface area (TPSA) is 87.0 Å². The largest absolute Gasteiger partial charge is 0.465 e. The second kappa shape index (κ2) is 11.1. The van der Waals surface area contributed by atoms with Crippen LogP contribution in [0.1, 0.15) is 38.2 Å². The van der Waals surface area contributed by atoms with Crippen LogP contribution in [-0.2, 0) is 23.5 Å². The van der Waals surface area contributed by atoms with Crippen LogP contribution in [0.25, 0.3) is 0 Å². The number of thioether (sulfide) groups is 1. The summed E-state index contributed by atoms with van der Waals surface area (Å²) < 4.78 is 20.1. The number of halogens is 1. The lowest BCUT2D eigenvalue weighted by atomic mass is 10.0. The highest BCUT2D eigenvalue weighted by Gasteiger charge is 2.14. The van der Waals surface area contributed by atoms with Gasteiger partial charge < -0.3 is 9.30 Å². The van der Waals surface area contributed by atoms with Gasteiger partial charge in [-0.15, -0.1) is 0 Å². The Morgan fingerprint density at radius 3 is 2.49 bits per heavy atom. The van der Waals surface area contributed by atoms with Gasteiger partial charge in [-0.2, -0.15) is 4.98 Å². The van der Waals surface area contributed by atoms with Crippen LogP contribution in [0.4, 0.5) is 4.39 Å². The van der Waals surface area contributed by atoms with Gasteiger partial charge in [0.25, 0.3) is 5.56 Å². The Bertz CT molecular complexity index is 1390. The third kappa shape index (κ3) is 6.19. The minimum absolute atomic E-state index is 0.302. The van der Waals surface area contributed by atoms with Crippen LogP contribution < -0.4 is 5.56 Å². The minimum atomic E-state index is -0.405. The normalized spacial score (nSPS) is 10.8. The summed E-state index contributed by atoms with van der Waals surface area (Å²) in [6.07, 6.45) is 6.89. The summed E-state index contributed by atoms with van der Waals surface area (Å²) in [5.41, 5.74) is 4.05. The second-order valence-electron chi connectivity index (χ2n) is 7.96. The summed E-state index contributed by atoms with van der Waals surface area (Å²) in [5.74, 6) is -0.193. The number of benzene rings is 2. The molecule has 178 valence electrons. The summed E-state index contributed by atoms with van der Waals surface area (Å²) in [4.78, 5) is 37.4. The van der Waals surface area contributed by atoms with Crippen molar-refractivity contribution in [2.75, 3.05) is 7.11 Å². The average molecular weight is 491 g/mol. The van der Waals surface area contributed by atoms with Crippen molar-refractivity contribution in [2.45, 2.75) is 30.8 Å². The Balaban J connectivity index is 1.68. The highest BCUT2D eigenvalue weighted by molar-refractivity contribution is 7.98. The fourth-order valence-corrected chi connectivity index (χ4v) is 4.45. The molecular weight excluding hydrogens is 467 g/mol. The Labute approximate surface area is 206 Å². The van der Waals surface area contributed by atoms with E-state index in [1.54, 1.807) is 36.8 Å². The smallest absolute Gasteiger partial charge is 0.338 e. The maximum absolute atomic E-state index is 13.3. The fourth-order valence-electron chi connectivity index (χ4n) is 3.53. The van der Waals surface area contributed by atoms with Gasteiger partial charge in [-0.3, -0.25) is 4.79 Å². The summed E-state index contributed by atoms with van der Waals surface area (Å²) in [6, 6.07) is 11.8. The van der Waals surface area contributed by atoms with E-state index < -0.39 is 5.97 Å². The first-order valence-corrected chi connectivity index (χ1v) is 11.8. The van der Waals surface area contributed by atoms with Gasteiger partial charge in [0.1, 0.15) is 12.1 Å². The van der Waals surface area contributed by atoms with E-state index in [2.05, 4.69) is 15.0 Å². The van der Waals surface area contributed by atoms with Crippen LogP contribution in [0.3, 0.4) is 0 Å². The van der Waals surface area contributed by atoms with Gasteiger partial charge >= 0.3 is 5.97 Å². The van der Waals surface area contributed by atoms with E-state index in [1.807, 2.05) is 23.6 Å². The van der Waals surface area contributed by atoms with Gasteiger partial charge in [0.05, 0.1) is 12.7 Å². The van der Waals surface area contributed by atoms with Crippen LogP contribution >= 0.6 is 11.8 Å². The number of carbonyl (C=O) groups is 1. The van der Waals surface area contributed by atoms with E-state index in [4.69, 9.17) is 4.74 Å². The second-order valence-corrected chi connectivity index (χ2v) is 8.90. The number of esters is 1. The van der Waals surface area contributed by atoms with Crippen LogP contribution in [0.2, 0.25) is 0 Å². The Morgan fingerprint density at radius 1 is 1.06 bits per heavy atom. The van der Waals surface area contributed by atoms with Gasteiger partial charge in [-0.25, -0.2) is 19.2 Å². The van der Waals surface area contributed by atoms with Crippen LogP contribution in [0.5, 0.6) is 0 Å². The summed E-state index contributed by atoms with van der Waals surface area (Å²) >= 11 is 1.39. The Hall–Kier alpha value is -3.85. The highest BCUT2D eigenvalue weighted by Crippen LogP contribution is 2.23. The van der Waals surface area contributed by atoms with Crippen LogP contribution in [-0.4, -0.2) is 32.6 Å². The zero-order valence-electron chi connectivity index (χ0n) is 19.3. The average Bonchev–Trinajstić information content (AvgIpc) is 2.87. The van der Waals surface area contributed by atoms with Gasteiger partial charge in [0, 0.05) is 42.9 Å². The van der Waals surface area contributed by atoms with Crippen LogP contribution in [0.15, 0.2) is 77.3 Å². The monoisotopic (exact) mass is 490 g/mol. The summed E-state index contributed by atoms with van der Waals surface area (Å²) in [7, 11) is 1.35. The van der Waals surface area contributed by atoms with Crippen molar-refractivity contribution in [3.63, 3.8) is 0 Å². The number of aromatic nitrogens is 4. The molecule has 4 aromatic rings. The first kappa shape index (κ1) is 24.3. The van der Waals surface area contributed by atoms with Gasteiger partial charge in [0.15, 0.2) is 5.16 Å². The van der Waals surface area contributed by atoms with Crippen molar-refractivity contribution in [1.29, 1.82) is 0 Å². The first-order chi connectivity index (χ1) is 16.9. The van der Waals surface area contributed by atoms with Crippen molar-refractivity contribution in [1.82, 2.24) is 19.5 Å². The Kier molecular flexibility index (Phi) is 7.67. The number of methoxy groups -OCH3 is 1. The lowest BCUT2D eigenvalue weighted by Crippen LogP contribution is -2.20. The van der Waals surface area contributed by atoms with Crippen molar-refractivity contribution in [3.05, 3.63) is 117 Å².